The minimum atomic E-state index is -0.265. The van der Waals surface area contributed by atoms with Gasteiger partial charge >= 0.3 is 0 Å². The summed E-state index contributed by atoms with van der Waals surface area (Å²) in [6.45, 7) is 5.45. The normalized spacial score (nSPS) is 19.9. The Morgan fingerprint density at radius 1 is 1.48 bits per heavy atom. The largest absolute Gasteiger partial charge is 0.376 e. The lowest BCUT2D eigenvalue weighted by Gasteiger charge is -2.38. The van der Waals surface area contributed by atoms with Crippen LogP contribution in [0.2, 0.25) is 5.02 Å². The van der Waals surface area contributed by atoms with E-state index in [4.69, 9.17) is 16.3 Å². The Morgan fingerprint density at radius 3 is 3.00 bits per heavy atom. The highest BCUT2D eigenvalue weighted by atomic mass is 35.5. The first-order valence-corrected chi connectivity index (χ1v) is 8.89. The van der Waals surface area contributed by atoms with Gasteiger partial charge in [0.25, 0.3) is 0 Å². The van der Waals surface area contributed by atoms with Gasteiger partial charge in [0.2, 0.25) is 0 Å². The zero-order chi connectivity index (χ0) is 17.8. The van der Waals surface area contributed by atoms with Crippen LogP contribution >= 0.6 is 11.6 Å². The summed E-state index contributed by atoms with van der Waals surface area (Å²) in [7, 11) is 1.96. The van der Waals surface area contributed by atoms with Gasteiger partial charge in [-0.2, -0.15) is 0 Å². The molecule has 0 spiro atoms. The zero-order valence-corrected chi connectivity index (χ0v) is 15.3. The van der Waals surface area contributed by atoms with E-state index in [0.717, 1.165) is 18.8 Å². The molecule has 1 fully saturated rings. The molecule has 0 aliphatic carbocycles. The number of aromatic nitrogens is 2. The number of ether oxygens (including phenoxy) is 1. The molecule has 2 atom stereocenters. The molecular weight excluding hydrogens is 343 g/mol. The molecule has 1 aliphatic heterocycles. The van der Waals surface area contributed by atoms with Crippen molar-refractivity contribution in [2.45, 2.75) is 25.6 Å². The lowest BCUT2D eigenvalue weighted by atomic mass is 10.0. The summed E-state index contributed by atoms with van der Waals surface area (Å²) >= 11 is 6.34. The van der Waals surface area contributed by atoms with Crippen molar-refractivity contribution in [3.8, 4) is 0 Å². The monoisotopic (exact) mass is 366 g/mol. The van der Waals surface area contributed by atoms with Gasteiger partial charge in [-0.3, -0.25) is 4.90 Å². The molecule has 0 amide bonds. The van der Waals surface area contributed by atoms with E-state index in [1.807, 2.05) is 24.7 Å². The van der Waals surface area contributed by atoms with Crippen molar-refractivity contribution < 1.29 is 9.13 Å². The highest BCUT2D eigenvalue weighted by Gasteiger charge is 2.28. The van der Waals surface area contributed by atoms with Crippen LogP contribution < -0.4 is 5.32 Å². The van der Waals surface area contributed by atoms with Gasteiger partial charge in [0, 0.05) is 50.0 Å². The number of hydrogen-bond acceptors (Lipinski definition) is 4. The molecule has 0 radical (unpaired) electrons. The number of morpholine rings is 1. The third-order valence-corrected chi connectivity index (χ3v) is 4.94. The molecule has 2 heterocycles. The molecule has 5 nitrogen and oxygen atoms in total. The Morgan fingerprint density at radius 2 is 2.32 bits per heavy atom. The van der Waals surface area contributed by atoms with Crippen molar-refractivity contribution in [3.05, 3.63) is 52.8 Å². The van der Waals surface area contributed by atoms with Crippen LogP contribution in [0.25, 0.3) is 0 Å². The van der Waals surface area contributed by atoms with Crippen molar-refractivity contribution in [3.63, 3.8) is 0 Å². The van der Waals surface area contributed by atoms with Gasteiger partial charge in [-0.25, -0.2) is 9.37 Å². The average Bonchev–Trinajstić information content (AvgIpc) is 2.98. The number of hydrogen-bond donors (Lipinski definition) is 1. The second-order valence-electron chi connectivity index (χ2n) is 6.45. The highest BCUT2D eigenvalue weighted by Crippen LogP contribution is 2.31. The summed E-state index contributed by atoms with van der Waals surface area (Å²) in [6.07, 6.45) is 3.72. The third kappa shape index (κ3) is 4.39. The third-order valence-electron chi connectivity index (χ3n) is 4.61. The van der Waals surface area contributed by atoms with Crippen molar-refractivity contribution in [2.75, 3.05) is 26.2 Å². The minimum absolute atomic E-state index is 0.124. The number of aryl methyl sites for hydroxylation is 1. The first-order chi connectivity index (χ1) is 12.1. The Balaban J connectivity index is 1.78. The van der Waals surface area contributed by atoms with Gasteiger partial charge in [0.1, 0.15) is 5.82 Å². The number of imidazole rings is 1. The van der Waals surface area contributed by atoms with Gasteiger partial charge in [0.05, 0.1) is 30.8 Å². The van der Waals surface area contributed by atoms with Crippen LogP contribution in [-0.2, 0) is 18.3 Å². The molecule has 0 unspecified atom stereocenters. The van der Waals surface area contributed by atoms with E-state index in [-0.39, 0.29) is 18.0 Å². The fourth-order valence-corrected chi connectivity index (χ4v) is 3.55. The van der Waals surface area contributed by atoms with E-state index in [1.54, 1.807) is 18.5 Å². The Hall–Kier alpha value is -1.47. The highest BCUT2D eigenvalue weighted by molar-refractivity contribution is 6.31. The molecule has 1 saturated heterocycles. The molecule has 0 saturated carbocycles. The smallest absolute Gasteiger partial charge is 0.129 e. The quantitative estimate of drug-likeness (QED) is 0.853. The first kappa shape index (κ1) is 18.3. The van der Waals surface area contributed by atoms with E-state index < -0.39 is 0 Å². The topological polar surface area (TPSA) is 42.3 Å². The molecule has 25 heavy (non-hydrogen) atoms. The molecule has 1 aromatic heterocycles. The van der Waals surface area contributed by atoms with Gasteiger partial charge in [-0.1, -0.05) is 17.7 Å². The summed E-state index contributed by atoms with van der Waals surface area (Å²) in [5.74, 6) is -0.265. The van der Waals surface area contributed by atoms with Crippen LogP contribution in [-0.4, -0.2) is 46.8 Å². The molecule has 1 aliphatic rings. The number of halogens is 2. The Bertz CT molecular complexity index is 688. The maximum absolute atomic E-state index is 14.5. The van der Waals surface area contributed by atoms with Crippen LogP contribution in [0, 0.1) is 5.82 Å². The second kappa shape index (κ2) is 8.27. The molecule has 7 heteroatoms. The zero-order valence-electron chi connectivity index (χ0n) is 14.6. The summed E-state index contributed by atoms with van der Waals surface area (Å²) in [5, 5.41) is 3.89. The van der Waals surface area contributed by atoms with E-state index in [2.05, 4.69) is 15.2 Å². The molecule has 136 valence electrons. The maximum Gasteiger partial charge on any atom is 0.129 e. The maximum atomic E-state index is 14.5. The van der Waals surface area contributed by atoms with Gasteiger partial charge in [-0.05, 0) is 19.1 Å². The standard InChI is InChI=1S/C18H24ClFN4O/c1-13-11-24(6-7-25-13)17(18-15(19)4-3-5-16(18)20)10-21-8-14-9-22-12-23(14)2/h3-5,9,12-13,17,21H,6-8,10-11H2,1-2H3/t13-,17-/m0/s1. The predicted molar refractivity (Wildman–Crippen MR) is 96.1 cm³/mol. The number of benzene rings is 1. The van der Waals surface area contributed by atoms with Crippen LogP contribution in [0.1, 0.15) is 24.2 Å². The second-order valence-corrected chi connectivity index (χ2v) is 6.86. The van der Waals surface area contributed by atoms with Gasteiger partial charge in [-0.15, -0.1) is 0 Å². The average molecular weight is 367 g/mol. The van der Waals surface area contributed by atoms with E-state index in [9.17, 15) is 4.39 Å². The molecule has 2 aromatic rings. The van der Waals surface area contributed by atoms with Crippen LogP contribution in [0.5, 0.6) is 0 Å². The molecule has 1 aromatic carbocycles. The van der Waals surface area contributed by atoms with Crippen LogP contribution in [0.4, 0.5) is 4.39 Å². The van der Waals surface area contributed by atoms with Crippen molar-refractivity contribution in [1.29, 1.82) is 0 Å². The number of nitrogens with zero attached hydrogens (tertiary/aromatic N) is 3. The van der Waals surface area contributed by atoms with E-state index in [1.165, 1.54) is 6.07 Å². The van der Waals surface area contributed by atoms with Crippen molar-refractivity contribution in [2.24, 2.45) is 7.05 Å². The molecular formula is C18H24ClFN4O. The Kier molecular flexibility index (Phi) is 6.06. The van der Waals surface area contributed by atoms with E-state index in [0.29, 0.717) is 30.3 Å². The molecule has 3 rings (SSSR count). The minimum Gasteiger partial charge on any atom is -0.376 e. The lowest BCUT2D eigenvalue weighted by molar-refractivity contribution is -0.0349. The lowest BCUT2D eigenvalue weighted by Crippen LogP contribution is -2.46. The summed E-state index contributed by atoms with van der Waals surface area (Å²) < 4.78 is 22.1. The molecule has 0 bridgehead atoms. The number of nitrogens with one attached hydrogen (secondary N) is 1. The number of rotatable bonds is 6. The Labute approximate surface area is 152 Å². The summed E-state index contributed by atoms with van der Waals surface area (Å²) in [5.41, 5.74) is 1.63. The predicted octanol–water partition coefficient (Wildman–Crippen LogP) is 2.76. The van der Waals surface area contributed by atoms with Crippen LogP contribution in [0.3, 0.4) is 0 Å². The first-order valence-electron chi connectivity index (χ1n) is 8.51. The summed E-state index contributed by atoms with van der Waals surface area (Å²) in [6, 6.07) is 4.72. The van der Waals surface area contributed by atoms with E-state index >= 15 is 0 Å². The van der Waals surface area contributed by atoms with Gasteiger partial charge in [0.15, 0.2) is 0 Å². The fraction of sp³-hybridized carbons (Fsp3) is 0.500. The SMILES string of the molecule is C[C@H]1CN([C@@H](CNCc2cncn2C)c2c(F)cccc2Cl)CCO1. The van der Waals surface area contributed by atoms with Crippen molar-refractivity contribution >= 4 is 11.6 Å². The van der Waals surface area contributed by atoms with Crippen LogP contribution in [0.15, 0.2) is 30.7 Å². The van der Waals surface area contributed by atoms with Gasteiger partial charge < -0.3 is 14.6 Å². The van der Waals surface area contributed by atoms with Crippen molar-refractivity contribution in [1.82, 2.24) is 19.8 Å². The summed E-state index contributed by atoms with van der Waals surface area (Å²) in [4.78, 5) is 6.37. The molecule has 1 N–H and O–H groups in total. The fourth-order valence-electron chi connectivity index (χ4n) is 3.26.